The van der Waals surface area contributed by atoms with Crippen LogP contribution in [-0.2, 0) is 4.74 Å². The largest absolute Gasteiger partial charge is 0.396 e. The Bertz CT molecular complexity index is 501. The van der Waals surface area contributed by atoms with Gasteiger partial charge < -0.3 is 20.5 Å². The van der Waals surface area contributed by atoms with Crippen molar-refractivity contribution in [2.75, 3.05) is 32.7 Å². The van der Waals surface area contributed by atoms with E-state index in [1.54, 1.807) is 0 Å². The molecule has 0 aliphatic heterocycles. The van der Waals surface area contributed by atoms with Crippen LogP contribution in [0, 0.1) is 10.1 Å². The third-order valence-electron chi connectivity index (χ3n) is 2.89. The van der Waals surface area contributed by atoms with E-state index < -0.39 is 4.92 Å². The number of hydrogen-bond acceptors (Lipinski definition) is 6. The van der Waals surface area contributed by atoms with Gasteiger partial charge in [-0.15, -0.1) is 0 Å². The van der Waals surface area contributed by atoms with Gasteiger partial charge in [-0.05, 0) is 18.6 Å². The number of nitrogens with zero attached hydrogens (tertiary/aromatic N) is 1. The first kappa shape index (κ1) is 16.9. The molecule has 1 atom stereocenters. The highest BCUT2D eigenvalue weighted by Crippen LogP contribution is 2.26. The number of aliphatic hydroxyl groups is 1. The molecule has 0 spiro atoms. The molecule has 0 radical (unpaired) electrons. The van der Waals surface area contributed by atoms with Gasteiger partial charge in [-0.2, -0.15) is 0 Å². The van der Waals surface area contributed by atoms with Crippen molar-refractivity contribution in [3.63, 3.8) is 0 Å². The molecule has 0 saturated heterocycles. The Morgan fingerprint density at radius 2 is 2.24 bits per heavy atom. The number of nitro groups is 1. The van der Waals surface area contributed by atoms with E-state index in [4.69, 9.17) is 9.84 Å². The molecule has 1 amide bonds. The predicted octanol–water partition coefficient (Wildman–Crippen LogP) is 0.764. The second-order valence-corrected chi connectivity index (χ2v) is 4.38. The monoisotopic (exact) mass is 297 g/mol. The molecule has 0 saturated carbocycles. The second kappa shape index (κ2) is 8.18. The van der Waals surface area contributed by atoms with Crippen LogP contribution in [0.15, 0.2) is 18.2 Å². The summed E-state index contributed by atoms with van der Waals surface area (Å²) in [6, 6.07) is 3.78. The minimum atomic E-state index is -0.529. The molecular weight excluding hydrogens is 278 g/mol. The molecule has 3 N–H and O–H groups in total. The Balaban J connectivity index is 3.10. The lowest BCUT2D eigenvalue weighted by atomic mass is 10.1. The molecule has 1 aromatic carbocycles. The number of nitrogens with one attached hydrogen (secondary N) is 2. The minimum absolute atomic E-state index is 0.0794. The van der Waals surface area contributed by atoms with E-state index in [9.17, 15) is 14.9 Å². The normalized spacial score (nSPS) is 11.8. The van der Waals surface area contributed by atoms with Gasteiger partial charge in [0.05, 0.1) is 17.6 Å². The SMILES string of the molecule is CNC(=O)c1ccc([N+](=O)[O-])c(NC(CCO)COC)c1. The van der Waals surface area contributed by atoms with Gasteiger partial charge in [-0.1, -0.05) is 0 Å². The molecule has 8 nitrogen and oxygen atoms in total. The topological polar surface area (TPSA) is 114 Å². The maximum Gasteiger partial charge on any atom is 0.292 e. The quantitative estimate of drug-likeness (QED) is 0.482. The molecule has 1 unspecified atom stereocenters. The molecule has 0 heterocycles. The van der Waals surface area contributed by atoms with Crippen LogP contribution in [0.5, 0.6) is 0 Å². The number of carbonyl (C=O) groups is 1. The maximum atomic E-state index is 11.6. The summed E-state index contributed by atoms with van der Waals surface area (Å²) in [5.74, 6) is -0.335. The lowest BCUT2D eigenvalue weighted by Crippen LogP contribution is -2.27. The van der Waals surface area contributed by atoms with Crippen LogP contribution in [0.4, 0.5) is 11.4 Å². The van der Waals surface area contributed by atoms with Crippen molar-refractivity contribution in [2.24, 2.45) is 0 Å². The Morgan fingerprint density at radius 1 is 1.52 bits per heavy atom. The molecule has 0 aliphatic carbocycles. The summed E-state index contributed by atoms with van der Waals surface area (Å²) in [6.45, 7) is 0.200. The average molecular weight is 297 g/mol. The van der Waals surface area contributed by atoms with Crippen LogP contribution in [0.2, 0.25) is 0 Å². The highest BCUT2D eigenvalue weighted by Gasteiger charge is 2.19. The molecule has 116 valence electrons. The minimum Gasteiger partial charge on any atom is -0.396 e. The molecule has 0 fully saturated rings. The predicted molar refractivity (Wildman–Crippen MR) is 77.5 cm³/mol. The number of nitro benzene ring substituents is 1. The van der Waals surface area contributed by atoms with Gasteiger partial charge >= 0.3 is 0 Å². The van der Waals surface area contributed by atoms with E-state index in [1.807, 2.05) is 0 Å². The van der Waals surface area contributed by atoms with Gasteiger partial charge in [0.1, 0.15) is 5.69 Å². The van der Waals surface area contributed by atoms with E-state index in [1.165, 1.54) is 32.4 Å². The van der Waals surface area contributed by atoms with Gasteiger partial charge in [0, 0.05) is 32.4 Å². The number of benzene rings is 1. The van der Waals surface area contributed by atoms with Crippen molar-refractivity contribution in [1.82, 2.24) is 5.32 Å². The molecular formula is C13H19N3O5. The number of aliphatic hydroxyl groups excluding tert-OH is 1. The first-order valence-corrected chi connectivity index (χ1v) is 6.40. The number of ether oxygens (including phenoxy) is 1. The second-order valence-electron chi connectivity index (χ2n) is 4.38. The zero-order valence-electron chi connectivity index (χ0n) is 12.0. The average Bonchev–Trinajstić information content (AvgIpc) is 2.46. The number of methoxy groups -OCH3 is 1. The van der Waals surface area contributed by atoms with Crippen molar-refractivity contribution in [1.29, 1.82) is 0 Å². The summed E-state index contributed by atoms with van der Waals surface area (Å²) in [6.07, 6.45) is 0.370. The third-order valence-corrected chi connectivity index (χ3v) is 2.89. The van der Waals surface area contributed by atoms with Gasteiger partial charge in [0.2, 0.25) is 0 Å². The van der Waals surface area contributed by atoms with Gasteiger partial charge in [0.15, 0.2) is 0 Å². The van der Waals surface area contributed by atoms with Crippen LogP contribution >= 0.6 is 0 Å². The fraction of sp³-hybridized carbons (Fsp3) is 0.462. The highest BCUT2D eigenvalue weighted by molar-refractivity contribution is 5.95. The van der Waals surface area contributed by atoms with Gasteiger partial charge in [-0.25, -0.2) is 0 Å². The molecule has 0 bridgehead atoms. The molecule has 1 aromatic rings. The zero-order valence-corrected chi connectivity index (χ0v) is 12.0. The van der Waals surface area contributed by atoms with E-state index in [-0.39, 0.29) is 36.5 Å². The Hall–Kier alpha value is -2.19. The number of carbonyl (C=O) groups excluding carboxylic acids is 1. The first-order chi connectivity index (χ1) is 10.0. The van der Waals surface area contributed by atoms with Crippen LogP contribution in [-0.4, -0.2) is 49.4 Å². The van der Waals surface area contributed by atoms with Crippen LogP contribution in [0.1, 0.15) is 16.8 Å². The maximum absolute atomic E-state index is 11.6. The molecule has 8 heteroatoms. The van der Waals surface area contributed by atoms with Crippen LogP contribution in [0.3, 0.4) is 0 Å². The van der Waals surface area contributed by atoms with Crippen molar-refractivity contribution in [3.8, 4) is 0 Å². The Labute approximate surface area is 122 Å². The molecule has 0 aliphatic rings. The van der Waals surface area contributed by atoms with Crippen molar-refractivity contribution >= 4 is 17.3 Å². The summed E-state index contributed by atoms with van der Waals surface area (Å²) in [5, 5.41) is 25.5. The lowest BCUT2D eigenvalue weighted by molar-refractivity contribution is -0.384. The summed E-state index contributed by atoms with van der Waals surface area (Å²) in [4.78, 5) is 22.1. The van der Waals surface area contributed by atoms with Crippen molar-refractivity contribution < 1.29 is 19.6 Å². The first-order valence-electron chi connectivity index (χ1n) is 6.40. The summed E-state index contributed by atoms with van der Waals surface area (Å²) in [7, 11) is 2.98. The number of amides is 1. The van der Waals surface area contributed by atoms with Crippen molar-refractivity contribution in [3.05, 3.63) is 33.9 Å². The lowest BCUT2D eigenvalue weighted by Gasteiger charge is -2.18. The van der Waals surface area contributed by atoms with E-state index in [0.717, 1.165) is 0 Å². The van der Waals surface area contributed by atoms with Crippen LogP contribution < -0.4 is 10.6 Å². The number of anilines is 1. The smallest absolute Gasteiger partial charge is 0.292 e. The van der Waals surface area contributed by atoms with Crippen LogP contribution in [0.25, 0.3) is 0 Å². The standard InChI is InChI=1S/C13H19N3O5/c1-14-13(18)9-3-4-12(16(19)20)11(7-9)15-10(5-6-17)8-21-2/h3-4,7,10,15,17H,5-6,8H2,1-2H3,(H,14,18). The summed E-state index contributed by atoms with van der Waals surface area (Å²) in [5.41, 5.74) is 0.393. The van der Waals surface area contributed by atoms with E-state index >= 15 is 0 Å². The fourth-order valence-electron chi connectivity index (χ4n) is 1.87. The number of hydrogen-bond donors (Lipinski definition) is 3. The fourth-order valence-corrected chi connectivity index (χ4v) is 1.87. The Morgan fingerprint density at radius 3 is 2.76 bits per heavy atom. The Kier molecular flexibility index (Phi) is 6.57. The molecule has 0 aromatic heterocycles. The van der Waals surface area contributed by atoms with Crippen molar-refractivity contribution in [2.45, 2.75) is 12.5 Å². The number of rotatable bonds is 8. The summed E-state index contributed by atoms with van der Waals surface area (Å²) < 4.78 is 5.01. The summed E-state index contributed by atoms with van der Waals surface area (Å²) >= 11 is 0. The zero-order chi connectivity index (χ0) is 15.8. The molecule has 1 rings (SSSR count). The van der Waals surface area contributed by atoms with E-state index in [2.05, 4.69) is 10.6 Å². The van der Waals surface area contributed by atoms with E-state index in [0.29, 0.717) is 12.0 Å². The highest BCUT2D eigenvalue weighted by atomic mass is 16.6. The van der Waals surface area contributed by atoms with Gasteiger partial charge in [0.25, 0.3) is 11.6 Å². The third kappa shape index (κ3) is 4.69. The van der Waals surface area contributed by atoms with Gasteiger partial charge in [-0.3, -0.25) is 14.9 Å². The molecule has 21 heavy (non-hydrogen) atoms.